The third-order valence-corrected chi connectivity index (χ3v) is 6.72. The molecule has 1 unspecified atom stereocenters. The largest absolute Gasteiger partial charge is 0.493 e. The zero-order chi connectivity index (χ0) is 22.3. The number of hydrogen-bond donors (Lipinski definition) is 1. The molecule has 1 amide bonds. The van der Waals surface area contributed by atoms with E-state index in [0.717, 1.165) is 50.2 Å². The minimum atomic E-state index is -4.40. The van der Waals surface area contributed by atoms with E-state index in [4.69, 9.17) is 9.47 Å². The average Bonchev–Trinajstić information content (AvgIpc) is 2.79. The molecule has 1 N–H and O–H groups in total. The summed E-state index contributed by atoms with van der Waals surface area (Å²) >= 11 is 0. The van der Waals surface area contributed by atoms with Crippen LogP contribution in [0.1, 0.15) is 36.4 Å². The molecule has 4 aliphatic heterocycles. The van der Waals surface area contributed by atoms with Crippen molar-refractivity contribution < 1.29 is 27.4 Å². The van der Waals surface area contributed by atoms with E-state index < -0.39 is 17.8 Å². The third kappa shape index (κ3) is 4.28. The molecule has 6 rings (SSSR count). The molecule has 3 saturated heterocycles. The van der Waals surface area contributed by atoms with Crippen molar-refractivity contribution in [3.05, 3.63) is 53.6 Å². The Morgan fingerprint density at radius 1 is 1.06 bits per heavy atom. The zero-order valence-corrected chi connectivity index (χ0v) is 17.5. The maximum absolute atomic E-state index is 13.1. The van der Waals surface area contributed by atoms with Gasteiger partial charge < -0.3 is 14.8 Å². The van der Waals surface area contributed by atoms with Crippen molar-refractivity contribution in [2.24, 2.45) is 5.92 Å². The van der Waals surface area contributed by atoms with Crippen LogP contribution in [0, 0.1) is 5.92 Å². The molecule has 8 heteroatoms. The molecule has 4 heterocycles. The highest BCUT2D eigenvalue weighted by atomic mass is 19.4. The highest BCUT2D eigenvalue weighted by molar-refractivity contribution is 5.70. The number of nitrogens with one attached hydrogen (secondary N) is 1. The number of carbonyl (C=O) groups is 1. The topological polar surface area (TPSA) is 50.8 Å². The maximum atomic E-state index is 13.1. The van der Waals surface area contributed by atoms with Gasteiger partial charge in [-0.15, -0.1) is 0 Å². The first-order valence-corrected chi connectivity index (χ1v) is 11.0. The standard InChI is InChI=1S/C24H25F3N2O3/c25-24(26,27)18-3-1-2-16(12-18)17-4-5-19-20(8-11-31-21(19)13-17)28-23(30)32-22-14-29-9-6-15(22)7-10-29/h1-5,12-13,15,20,22H,6-11,14H2,(H,28,30)/t20?,22-/m0/s1. The van der Waals surface area contributed by atoms with Crippen molar-refractivity contribution in [1.82, 2.24) is 10.2 Å². The van der Waals surface area contributed by atoms with Crippen LogP contribution in [-0.4, -0.2) is 43.3 Å². The smallest absolute Gasteiger partial charge is 0.416 e. The molecular formula is C24H25F3N2O3. The molecule has 5 nitrogen and oxygen atoms in total. The van der Waals surface area contributed by atoms with Gasteiger partial charge in [-0.3, -0.25) is 4.90 Å². The van der Waals surface area contributed by atoms with Gasteiger partial charge in [0, 0.05) is 18.5 Å². The first-order chi connectivity index (χ1) is 15.4. The molecule has 0 spiro atoms. The van der Waals surface area contributed by atoms with Crippen molar-refractivity contribution >= 4 is 6.09 Å². The molecule has 0 aromatic heterocycles. The van der Waals surface area contributed by atoms with Crippen LogP contribution in [0.15, 0.2) is 42.5 Å². The van der Waals surface area contributed by atoms with Gasteiger partial charge in [0.2, 0.25) is 0 Å². The van der Waals surface area contributed by atoms with Gasteiger partial charge in [0.1, 0.15) is 11.9 Å². The fourth-order valence-electron chi connectivity index (χ4n) is 4.95. The number of alkyl halides is 3. The number of benzene rings is 2. The lowest BCUT2D eigenvalue weighted by Crippen LogP contribution is -2.52. The summed E-state index contributed by atoms with van der Waals surface area (Å²) in [6.07, 6.45) is -2.16. The number of ether oxygens (including phenoxy) is 2. The molecule has 0 saturated carbocycles. The molecule has 2 atom stereocenters. The number of rotatable bonds is 3. The van der Waals surface area contributed by atoms with Crippen LogP contribution in [0.4, 0.5) is 18.0 Å². The van der Waals surface area contributed by atoms with Crippen LogP contribution < -0.4 is 10.1 Å². The lowest BCUT2D eigenvalue weighted by Gasteiger charge is -2.44. The second-order valence-electron chi connectivity index (χ2n) is 8.75. The Morgan fingerprint density at radius 2 is 1.84 bits per heavy atom. The molecule has 0 radical (unpaired) electrons. The summed E-state index contributed by atoms with van der Waals surface area (Å²) in [5, 5.41) is 2.96. The molecule has 2 bridgehead atoms. The van der Waals surface area contributed by atoms with Crippen LogP contribution >= 0.6 is 0 Å². The monoisotopic (exact) mass is 446 g/mol. The quantitative estimate of drug-likeness (QED) is 0.720. The minimum Gasteiger partial charge on any atom is -0.493 e. The molecule has 170 valence electrons. The number of nitrogens with zero attached hydrogens (tertiary/aromatic N) is 1. The highest BCUT2D eigenvalue weighted by Gasteiger charge is 2.37. The van der Waals surface area contributed by atoms with Gasteiger partial charge in [-0.25, -0.2) is 4.79 Å². The number of fused-ring (bicyclic) bond motifs is 4. The van der Waals surface area contributed by atoms with Crippen LogP contribution in [0.25, 0.3) is 11.1 Å². The Labute approximate surface area is 184 Å². The third-order valence-electron chi connectivity index (χ3n) is 6.72. The van der Waals surface area contributed by atoms with Crippen molar-refractivity contribution in [3.8, 4) is 16.9 Å². The normalized spacial score (nSPS) is 26.7. The molecular weight excluding hydrogens is 421 g/mol. The Morgan fingerprint density at radius 3 is 2.56 bits per heavy atom. The van der Waals surface area contributed by atoms with E-state index >= 15 is 0 Å². The lowest BCUT2D eigenvalue weighted by molar-refractivity contribution is -0.137. The predicted octanol–water partition coefficient (Wildman–Crippen LogP) is 5.02. The van der Waals surface area contributed by atoms with Gasteiger partial charge in [0.25, 0.3) is 0 Å². The van der Waals surface area contributed by atoms with Crippen molar-refractivity contribution in [2.75, 3.05) is 26.2 Å². The zero-order valence-electron chi connectivity index (χ0n) is 17.5. The summed E-state index contributed by atoms with van der Waals surface area (Å²) < 4.78 is 50.7. The van der Waals surface area contributed by atoms with Gasteiger partial charge in [0.15, 0.2) is 0 Å². The molecule has 2 aromatic rings. The summed E-state index contributed by atoms with van der Waals surface area (Å²) in [5.74, 6) is 1.00. The van der Waals surface area contributed by atoms with Crippen LogP contribution in [-0.2, 0) is 10.9 Å². The Balaban J connectivity index is 1.30. The number of carbonyl (C=O) groups excluding carboxylic acids is 1. The van der Waals surface area contributed by atoms with E-state index in [2.05, 4.69) is 10.2 Å². The number of piperidine rings is 3. The fraction of sp³-hybridized carbons (Fsp3) is 0.458. The maximum Gasteiger partial charge on any atom is 0.416 e. The summed E-state index contributed by atoms with van der Waals surface area (Å²) in [7, 11) is 0. The van der Waals surface area contributed by atoms with E-state index in [-0.39, 0.29) is 12.1 Å². The van der Waals surface area contributed by atoms with Crippen molar-refractivity contribution in [2.45, 2.75) is 37.6 Å². The predicted molar refractivity (Wildman–Crippen MR) is 112 cm³/mol. The van der Waals surface area contributed by atoms with Gasteiger partial charge in [-0.2, -0.15) is 13.2 Å². The van der Waals surface area contributed by atoms with Gasteiger partial charge >= 0.3 is 12.3 Å². The van der Waals surface area contributed by atoms with Crippen LogP contribution in [0.5, 0.6) is 5.75 Å². The summed E-state index contributed by atoms with van der Waals surface area (Å²) in [6.45, 7) is 3.36. The van der Waals surface area contributed by atoms with E-state index in [1.54, 1.807) is 18.2 Å². The second kappa shape index (κ2) is 8.31. The van der Waals surface area contributed by atoms with Gasteiger partial charge in [0.05, 0.1) is 18.2 Å². The van der Waals surface area contributed by atoms with Crippen LogP contribution in [0.2, 0.25) is 0 Å². The molecule has 3 fully saturated rings. The minimum absolute atomic E-state index is 0.0694. The first kappa shape index (κ1) is 21.1. The Kier molecular flexibility index (Phi) is 5.49. The molecule has 4 aliphatic rings. The average molecular weight is 446 g/mol. The Hall–Kier alpha value is -2.74. The fourth-order valence-corrected chi connectivity index (χ4v) is 4.95. The van der Waals surface area contributed by atoms with Gasteiger partial charge in [-0.05, 0) is 61.2 Å². The number of amides is 1. The summed E-state index contributed by atoms with van der Waals surface area (Å²) in [6, 6.07) is 10.3. The van der Waals surface area contributed by atoms with E-state index in [0.29, 0.717) is 35.8 Å². The highest BCUT2D eigenvalue weighted by Crippen LogP contribution is 2.38. The van der Waals surface area contributed by atoms with Gasteiger partial charge in [-0.1, -0.05) is 24.3 Å². The van der Waals surface area contributed by atoms with E-state index in [1.165, 1.54) is 6.07 Å². The molecule has 0 aliphatic carbocycles. The second-order valence-corrected chi connectivity index (χ2v) is 8.75. The lowest BCUT2D eigenvalue weighted by atomic mass is 9.86. The van der Waals surface area contributed by atoms with Crippen LogP contribution in [0.3, 0.4) is 0 Å². The number of alkyl carbamates (subject to hydrolysis) is 1. The summed E-state index contributed by atoms with van der Waals surface area (Å²) in [4.78, 5) is 14.9. The number of halogens is 3. The SMILES string of the molecule is O=C(NC1CCOc2cc(-c3cccc(C(F)(F)F)c3)ccc21)O[C@H]1CN2CCC1CC2. The summed E-state index contributed by atoms with van der Waals surface area (Å²) in [5.41, 5.74) is 1.20. The Bertz CT molecular complexity index is 1000. The van der Waals surface area contributed by atoms with E-state index in [9.17, 15) is 18.0 Å². The van der Waals surface area contributed by atoms with E-state index in [1.807, 2.05) is 6.07 Å². The molecule has 32 heavy (non-hydrogen) atoms. The van der Waals surface area contributed by atoms with Crippen molar-refractivity contribution in [3.63, 3.8) is 0 Å². The first-order valence-electron chi connectivity index (χ1n) is 11.0. The molecule has 2 aromatic carbocycles. The number of hydrogen-bond acceptors (Lipinski definition) is 4. The van der Waals surface area contributed by atoms with Crippen molar-refractivity contribution in [1.29, 1.82) is 0 Å².